The number of rotatable bonds is 7. The highest BCUT2D eigenvalue weighted by molar-refractivity contribution is 4.73. The molecule has 21 heavy (non-hydrogen) atoms. The highest BCUT2D eigenvalue weighted by Gasteiger charge is 2.20. The Kier molecular flexibility index (Phi) is 12.3. The maximum absolute atomic E-state index is 5.31. The minimum atomic E-state index is 0.865. The van der Waals surface area contributed by atoms with E-state index in [9.17, 15) is 0 Å². The van der Waals surface area contributed by atoms with Crippen LogP contribution in [0.2, 0.25) is 0 Å². The van der Waals surface area contributed by atoms with Crippen LogP contribution in [0.1, 0.15) is 110 Å². The Hall–Kier alpha value is -0.0400. The molecule has 0 bridgehead atoms. The molecule has 126 valence electrons. The molecular formula is C20H41N. The van der Waals surface area contributed by atoms with E-state index in [0.717, 1.165) is 18.4 Å². The van der Waals surface area contributed by atoms with Crippen LogP contribution < -0.4 is 5.73 Å². The van der Waals surface area contributed by atoms with E-state index in [-0.39, 0.29) is 0 Å². The van der Waals surface area contributed by atoms with Crippen molar-refractivity contribution < 1.29 is 0 Å². The SMILES string of the molecule is C1CCC(CC2CCCCC2)CC1.CCCCCCCN. The molecule has 0 aromatic rings. The van der Waals surface area contributed by atoms with Crippen molar-refractivity contribution >= 4 is 0 Å². The molecule has 0 heterocycles. The molecule has 2 aliphatic rings. The monoisotopic (exact) mass is 295 g/mol. The van der Waals surface area contributed by atoms with Gasteiger partial charge in [-0.1, -0.05) is 96.8 Å². The highest BCUT2D eigenvalue weighted by Crippen LogP contribution is 2.34. The summed E-state index contributed by atoms with van der Waals surface area (Å²) in [5.41, 5.74) is 5.31. The lowest BCUT2D eigenvalue weighted by Crippen LogP contribution is -2.14. The Morgan fingerprint density at radius 3 is 1.57 bits per heavy atom. The van der Waals surface area contributed by atoms with Gasteiger partial charge in [0, 0.05) is 0 Å². The summed E-state index contributed by atoms with van der Waals surface area (Å²) in [6.07, 6.45) is 23.5. The van der Waals surface area contributed by atoms with Crippen LogP contribution in [0.3, 0.4) is 0 Å². The van der Waals surface area contributed by atoms with Crippen molar-refractivity contribution in [3.63, 3.8) is 0 Å². The summed E-state index contributed by atoms with van der Waals surface area (Å²) in [6.45, 7) is 3.09. The van der Waals surface area contributed by atoms with Crippen LogP contribution >= 0.6 is 0 Å². The van der Waals surface area contributed by atoms with Gasteiger partial charge in [0.05, 0.1) is 0 Å². The second kappa shape index (κ2) is 13.6. The molecule has 2 saturated carbocycles. The molecule has 0 aromatic heterocycles. The van der Waals surface area contributed by atoms with Crippen molar-refractivity contribution in [2.24, 2.45) is 17.6 Å². The second-order valence-electron chi connectivity index (χ2n) is 7.45. The zero-order valence-corrected chi connectivity index (χ0v) is 14.8. The lowest BCUT2D eigenvalue weighted by atomic mass is 9.78. The standard InChI is InChI=1S/C13H24.C7H17N/c1-3-7-12(8-4-1)11-13-9-5-2-6-10-13;1-2-3-4-5-6-7-8/h12-13H,1-11H2;2-8H2,1H3. The van der Waals surface area contributed by atoms with Crippen LogP contribution in [0.5, 0.6) is 0 Å². The van der Waals surface area contributed by atoms with Crippen molar-refractivity contribution in [1.29, 1.82) is 0 Å². The van der Waals surface area contributed by atoms with E-state index in [0.29, 0.717) is 0 Å². The van der Waals surface area contributed by atoms with E-state index in [1.165, 1.54) is 70.6 Å². The van der Waals surface area contributed by atoms with E-state index in [2.05, 4.69) is 6.92 Å². The van der Waals surface area contributed by atoms with Crippen LogP contribution in [0.4, 0.5) is 0 Å². The summed E-state index contributed by atoms with van der Waals surface area (Å²) in [5, 5.41) is 0. The third kappa shape index (κ3) is 10.3. The fraction of sp³-hybridized carbons (Fsp3) is 1.00. The summed E-state index contributed by atoms with van der Waals surface area (Å²) in [6, 6.07) is 0. The summed E-state index contributed by atoms with van der Waals surface area (Å²) < 4.78 is 0. The molecule has 2 N–H and O–H groups in total. The molecule has 2 rings (SSSR count). The first kappa shape index (κ1) is 19.0. The third-order valence-corrected chi connectivity index (χ3v) is 5.42. The molecule has 0 saturated heterocycles. The molecule has 1 nitrogen and oxygen atoms in total. The van der Waals surface area contributed by atoms with Gasteiger partial charge in [-0.2, -0.15) is 0 Å². The van der Waals surface area contributed by atoms with Gasteiger partial charge in [-0.25, -0.2) is 0 Å². The van der Waals surface area contributed by atoms with Gasteiger partial charge in [0.1, 0.15) is 0 Å². The summed E-state index contributed by atoms with van der Waals surface area (Å²) in [7, 11) is 0. The predicted molar refractivity (Wildman–Crippen MR) is 95.6 cm³/mol. The number of nitrogens with two attached hydrogens (primary N) is 1. The molecule has 2 fully saturated rings. The van der Waals surface area contributed by atoms with Gasteiger partial charge < -0.3 is 5.73 Å². The normalized spacial score (nSPS) is 20.9. The highest BCUT2D eigenvalue weighted by atomic mass is 14.5. The van der Waals surface area contributed by atoms with Crippen LogP contribution in [-0.4, -0.2) is 6.54 Å². The van der Waals surface area contributed by atoms with Gasteiger partial charge in [-0.15, -0.1) is 0 Å². The number of hydrogen-bond acceptors (Lipinski definition) is 1. The molecule has 2 aliphatic carbocycles. The van der Waals surface area contributed by atoms with Gasteiger partial charge in [0.15, 0.2) is 0 Å². The second-order valence-corrected chi connectivity index (χ2v) is 7.45. The summed E-state index contributed by atoms with van der Waals surface area (Å²) in [5.74, 6) is 2.24. The lowest BCUT2D eigenvalue weighted by Gasteiger charge is -2.28. The Balaban J connectivity index is 0.000000240. The van der Waals surface area contributed by atoms with Crippen molar-refractivity contribution in [1.82, 2.24) is 0 Å². The van der Waals surface area contributed by atoms with Gasteiger partial charge in [-0.05, 0) is 31.2 Å². The maximum Gasteiger partial charge on any atom is -0.00773 e. The molecule has 0 atom stereocenters. The van der Waals surface area contributed by atoms with Crippen LogP contribution in [0.15, 0.2) is 0 Å². The fourth-order valence-electron chi connectivity index (χ4n) is 4.06. The number of hydrogen-bond donors (Lipinski definition) is 1. The largest absolute Gasteiger partial charge is 0.330 e. The van der Waals surface area contributed by atoms with Crippen LogP contribution in [0.25, 0.3) is 0 Å². The summed E-state index contributed by atoms with van der Waals surface area (Å²) in [4.78, 5) is 0. The fourth-order valence-corrected chi connectivity index (χ4v) is 4.06. The van der Waals surface area contributed by atoms with Gasteiger partial charge in [0.25, 0.3) is 0 Å². The summed E-state index contributed by atoms with van der Waals surface area (Å²) >= 11 is 0. The molecule has 0 aromatic carbocycles. The molecule has 0 aliphatic heterocycles. The Morgan fingerprint density at radius 2 is 1.14 bits per heavy atom. The zero-order valence-electron chi connectivity index (χ0n) is 14.8. The van der Waals surface area contributed by atoms with Gasteiger partial charge in [-0.3, -0.25) is 0 Å². The molecule has 0 unspecified atom stereocenters. The van der Waals surface area contributed by atoms with Crippen LogP contribution in [-0.2, 0) is 0 Å². The quantitative estimate of drug-likeness (QED) is 0.536. The minimum absolute atomic E-state index is 0.865. The van der Waals surface area contributed by atoms with E-state index in [1.54, 1.807) is 32.1 Å². The lowest BCUT2D eigenvalue weighted by molar-refractivity contribution is 0.244. The Labute approximate surface area is 134 Å². The smallest absolute Gasteiger partial charge is 0.00773 e. The molecule has 0 amide bonds. The van der Waals surface area contributed by atoms with E-state index >= 15 is 0 Å². The van der Waals surface area contributed by atoms with Crippen molar-refractivity contribution in [3.05, 3.63) is 0 Å². The van der Waals surface area contributed by atoms with Crippen molar-refractivity contribution in [2.45, 2.75) is 110 Å². The van der Waals surface area contributed by atoms with Crippen molar-refractivity contribution in [3.8, 4) is 0 Å². The Bertz CT molecular complexity index is 180. The first-order chi connectivity index (χ1) is 10.4. The third-order valence-electron chi connectivity index (χ3n) is 5.42. The van der Waals surface area contributed by atoms with Gasteiger partial charge >= 0.3 is 0 Å². The zero-order chi connectivity index (χ0) is 15.2. The van der Waals surface area contributed by atoms with E-state index < -0.39 is 0 Å². The topological polar surface area (TPSA) is 26.0 Å². The molecule has 0 radical (unpaired) electrons. The number of unbranched alkanes of at least 4 members (excludes halogenated alkanes) is 4. The van der Waals surface area contributed by atoms with Crippen molar-refractivity contribution in [2.75, 3.05) is 6.54 Å². The van der Waals surface area contributed by atoms with E-state index in [1.807, 2.05) is 0 Å². The predicted octanol–water partition coefficient (Wildman–Crippen LogP) is 6.45. The first-order valence-corrected chi connectivity index (χ1v) is 10.1. The Morgan fingerprint density at radius 1 is 0.667 bits per heavy atom. The molecular weight excluding hydrogens is 254 g/mol. The average molecular weight is 296 g/mol. The molecule has 1 heteroatoms. The average Bonchev–Trinajstić information content (AvgIpc) is 2.54. The van der Waals surface area contributed by atoms with Gasteiger partial charge in [0.2, 0.25) is 0 Å². The first-order valence-electron chi connectivity index (χ1n) is 10.1. The van der Waals surface area contributed by atoms with E-state index in [4.69, 9.17) is 5.73 Å². The maximum atomic E-state index is 5.31. The molecule has 0 spiro atoms. The van der Waals surface area contributed by atoms with Crippen LogP contribution in [0, 0.1) is 11.8 Å². The minimum Gasteiger partial charge on any atom is -0.330 e.